The van der Waals surface area contributed by atoms with Gasteiger partial charge in [0, 0.05) is 17.8 Å². The van der Waals surface area contributed by atoms with Crippen molar-refractivity contribution in [3.8, 4) is 0 Å². The second-order valence-corrected chi connectivity index (χ2v) is 5.27. The highest BCUT2D eigenvalue weighted by Gasteiger charge is 2.57. The summed E-state index contributed by atoms with van der Waals surface area (Å²) in [5, 5.41) is 2.77. The number of allylic oxidation sites excluding steroid dienone is 1. The van der Waals surface area contributed by atoms with E-state index in [0.717, 1.165) is 5.70 Å². The molecule has 0 unspecified atom stereocenters. The predicted octanol–water partition coefficient (Wildman–Crippen LogP) is 0.473. The van der Waals surface area contributed by atoms with Gasteiger partial charge in [-0.2, -0.15) is 0 Å². The SMILES string of the molecule is C=C1NC(=O)C2(n3c(=O)[nH]c4ccncc43)CC1C2. The van der Waals surface area contributed by atoms with E-state index < -0.39 is 5.54 Å². The second kappa shape index (κ2) is 3.14. The zero-order chi connectivity index (χ0) is 13.2. The molecule has 1 amide bonds. The van der Waals surface area contributed by atoms with Crippen LogP contribution in [0, 0.1) is 5.92 Å². The van der Waals surface area contributed by atoms with Crippen LogP contribution in [0.1, 0.15) is 12.8 Å². The van der Waals surface area contributed by atoms with Crippen molar-refractivity contribution in [2.45, 2.75) is 18.4 Å². The lowest BCUT2D eigenvalue weighted by Gasteiger charge is -2.52. The number of pyridine rings is 1. The number of nitrogens with one attached hydrogen (secondary N) is 2. The lowest BCUT2D eigenvalue weighted by molar-refractivity contribution is -0.140. The summed E-state index contributed by atoms with van der Waals surface area (Å²) >= 11 is 0. The summed E-state index contributed by atoms with van der Waals surface area (Å²) in [6, 6.07) is 1.74. The van der Waals surface area contributed by atoms with Gasteiger partial charge in [-0.1, -0.05) is 6.58 Å². The van der Waals surface area contributed by atoms with Crippen molar-refractivity contribution in [3.63, 3.8) is 0 Å². The molecule has 6 nitrogen and oxygen atoms in total. The molecule has 5 rings (SSSR count). The fourth-order valence-corrected chi connectivity index (χ4v) is 3.21. The Morgan fingerprint density at radius 1 is 1.42 bits per heavy atom. The highest BCUT2D eigenvalue weighted by molar-refractivity contribution is 5.91. The maximum Gasteiger partial charge on any atom is 0.327 e. The van der Waals surface area contributed by atoms with Gasteiger partial charge in [-0.3, -0.25) is 14.3 Å². The molecule has 3 aliphatic rings. The number of aromatic nitrogens is 3. The normalized spacial score (nSPS) is 29.2. The lowest BCUT2D eigenvalue weighted by Crippen LogP contribution is -2.64. The van der Waals surface area contributed by atoms with Crippen molar-refractivity contribution in [2.24, 2.45) is 5.92 Å². The van der Waals surface area contributed by atoms with Crippen molar-refractivity contribution in [2.75, 3.05) is 0 Å². The van der Waals surface area contributed by atoms with Gasteiger partial charge in [0.15, 0.2) is 0 Å². The summed E-state index contributed by atoms with van der Waals surface area (Å²) in [5.74, 6) is 0.123. The summed E-state index contributed by atoms with van der Waals surface area (Å²) in [4.78, 5) is 31.3. The van der Waals surface area contributed by atoms with Crippen molar-refractivity contribution >= 4 is 16.9 Å². The zero-order valence-corrected chi connectivity index (χ0v) is 10.1. The van der Waals surface area contributed by atoms with E-state index in [1.165, 1.54) is 0 Å². The molecule has 0 radical (unpaired) electrons. The predicted molar refractivity (Wildman–Crippen MR) is 68.3 cm³/mol. The lowest BCUT2D eigenvalue weighted by atomic mass is 9.63. The summed E-state index contributed by atoms with van der Waals surface area (Å²) in [6.07, 6.45) is 4.51. The van der Waals surface area contributed by atoms with Crippen LogP contribution in [0.15, 0.2) is 35.5 Å². The summed E-state index contributed by atoms with van der Waals surface area (Å²) < 4.78 is 1.55. The van der Waals surface area contributed by atoms with E-state index in [9.17, 15) is 9.59 Å². The molecule has 1 aliphatic carbocycles. The van der Waals surface area contributed by atoms with Gasteiger partial charge in [-0.25, -0.2) is 4.79 Å². The van der Waals surface area contributed by atoms with Crippen LogP contribution in [0.4, 0.5) is 0 Å². The Bertz CT molecular complexity index is 779. The minimum absolute atomic E-state index is 0.146. The van der Waals surface area contributed by atoms with Crippen molar-refractivity contribution in [1.82, 2.24) is 19.9 Å². The molecule has 2 N–H and O–H groups in total. The molecular formula is C13H12N4O2. The van der Waals surface area contributed by atoms with Crippen molar-refractivity contribution in [1.29, 1.82) is 0 Å². The van der Waals surface area contributed by atoms with Gasteiger partial charge in [0.1, 0.15) is 5.54 Å². The van der Waals surface area contributed by atoms with Gasteiger partial charge in [0.05, 0.1) is 17.2 Å². The Kier molecular flexibility index (Phi) is 1.74. The van der Waals surface area contributed by atoms with Gasteiger partial charge in [0.2, 0.25) is 0 Å². The molecular weight excluding hydrogens is 244 g/mol. The van der Waals surface area contributed by atoms with Crippen LogP contribution >= 0.6 is 0 Å². The van der Waals surface area contributed by atoms with E-state index >= 15 is 0 Å². The first kappa shape index (κ1) is 10.5. The Morgan fingerprint density at radius 2 is 2.21 bits per heavy atom. The molecule has 96 valence electrons. The molecule has 0 aromatic carbocycles. The average Bonchev–Trinajstić information content (AvgIpc) is 2.64. The van der Waals surface area contributed by atoms with Crippen LogP contribution in [-0.2, 0) is 10.3 Å². The van der Waals surface area contributed by atoms with E-state index in [-0.39, 0.29) is 17.5 Å². The van der Waals surface area contributed by atoms with Crippen LogP contribution < -0.4 is 11.0 Å². The topological polar surface area (TPSA) is 79.8 Å². The minimum atomic E-state index is -0.774. The third-order valence-electron chi connectivity index (χ3n) is 4.27. The second-order valence-electron chi connectivity index (χ2n) is 5.27. The first-order chi connectivity index (χ1) is 9.12. The smallest absolute Gasteiger partial charge is 0.327 e. The highest BCUT2D eigenvalue weighted by Crippen LogP contribution is 2.50. The monoisotopic (exact) mass is 256 g/mol. The number of imidazole rings is 1. The molecule has 19 heavy (non-hydrogen) atoms. The van der Waals surface area contributed by atoms with Crippen LogP contribution in [0.5, 0.6) is 0 Å². The number of carbonyl (C=O) groups excluding carboxylic acids is 1. The van der Waals surface area contributed by atoms with Gasteiger partial charge in [-0.05, 0) is 18.9 Å². The van der Waals surface area contributed by atoms with Gasteiger partial charge in [-0.15, -0.1) is 0 Å². The largest absolute Gasteiger partial charge is 0.328 e. The van der Waals surface area contributed by atoms with Gasteiger partial charge >= 0.3 is 5.69 Å². The number of piperidine rings is 2. The minimum Gasteiger partial charge on any atom is -0.328 e. The molecule has 1 saturated carbocycles. The number of H-pyrrole nitrogens is 1. The Hall–Kier alpha value is -2.37. The van der Waals surface area contributed by atoms with Crippen LogP contribution in [-0.4, -0.2) is 20.4 Å². The Morgan fingerprint density at radius 3 is 2.95 bits per heavy atom. The van der Waals surface area contributed by atoms with Gasteiger partial charge in [0.25, 0.3) is 5.91 Å². The number of carbonyl (C=O) groups is 1. The van der Waals surface area contributed by atoms with E-state index in [0.29, 0.717) is 23.9 Å². The molecule has 0 spiro atoms. The molecule has 2 bridgehead atoms. The maximum absolute atomic E-state index is 12.3. The molecule has 2 aromatic heterocycles. The highest BCUT2D eigenvalue weighted by atomic mass is 16.2. The summed E-state index contributed by atoms with van der Waals surface area (Å²) in [6.45, 7) is 3.84. The number of hydrogen-bond donors (Lipinski definition) is 2. The fourth-order valence-electron chi connectivity index (χ4n) is 3.21. The van der Waals surface area contributed by atoms with E-state index in [1.54, 1.807) is 23.0 Å². The Labute approximate surface area is 108 Å². The summed E-state index contributed by atoms with van der Waals surface area (Å²) in [7, 11) is 0. The zero-order valence-electron chi connectivity index (χ0n) is 10.1. The first-order valence-electron chi connectivity index (χ1n) is 6.17. The number of amides is 1. The molecule has 0 atom stereocenters. The average molecular weight is 256 g/mol. The van der Waals surface area contributed by atoms with E-state index in [1.807, 2.05) is 0 Å². The molecule has 6 heteroatoms. The van der Waals surface area contributed by atoms with Crippen molar-refractivity contribution < 1.29 is 4.79 Å². The third-order valence-corrected chi connectivity index (χ3v) is 4.27. The molecule has 2 saturated heterocycles. The maximum atomic E-state index is 12.3. The first-order valence-corrected chi connectivity index (χ1v) is 6.17. The van der Waals surface area contributed by atoms with Crippen LogP contribution in [0.3, 0.4) is 0 Å². The van der Waals surface area contributed by atoms with E-state index in [2.05, 4.69) is 21.9 Å². The number of fused-ring (bicyclic) bond motifs is 3. The number of aromatic amines is 1. The van der Waals surface area contributed by atoms with Crippen LogP contribution in [0.2, 0.25) is 0 Å². The molecule has 2 aliphatic heterocycles. The third kappa shape index (κ3) is 1.13. The summed E-state index contributed by atoms with van der Waals surface area (Å²) in [5.41, 5.74) is 1.11. The quantitative estimate of drug-likeness (QED) is 0.778. The fraction of sp³-hybridized carbons (Fsp3) is 0.308. The number of hydrogen-bond acceptors (Lipinski definition) is 3. The molecule has 4 heterocycles. The molecule has 3 fully saturated rings. The standard InChI is InChI=1S/C13H12N4O2/c1-7-8-4-13(5-8,11(18)15-7)17-10-6-14-3-2-9(10)16-12(17)19/h2-3,6,8H,1,4-5H2,(H,15,18)(H,16,19). The van der Waals surface area contributed by atoms with Crippen LogP contribution in [0.25, 0.3) is 11.0 Å². The van der Waals surface area contributed by atoms with E-state index in [4.69, 9.17) is 0 Å². The van der Waals surface area contributed by atoms with Crippen molar-refractivity contribution in [3.05, 3.63) is 41.2 Å². The van der Waals surface area contributed by atoms with Gasteiger partial charge < -0.3 is 10.3 Å². The number of rotatable bonds is 1. The number of nitrogens with zero attached hydrogens (tertiary/aromatic N) is 2. The molecule has 2 aromatic rings. The Balaban J connectivity index is 1.97.